The van der Waals surface area contributed by atoms with Gasteiger partial charge in [0.15, 0.2) is 0 Å². The minimum absolute atomic E-state index is 0.405. The molecule has 0 bridgehead atoms. The Balaban J connectivity index is 2.77. The molecule has 0 aliphatic carbocycles. The molecule has 17 heavy (non-hydrogen) atoms. The number of carboxylic acid groups (broad SMARTS) is 1. The summed E-state index contributed by atoms with van der Waals surface area (Å²) in [7, 11) is 3.12. The molecule has 90 valence electrons. The van der Waals surface area contributed by atoms with Crippen LogP contribution in [-0.2, 0) is 9.59 Å². The predicted molar refractivity (Wildman–Crippen MR) is 63.2 cm³/mol. The fourth-order valence-electron chi connectivity index (χ4n) is 1.19. The van der Waals surface area contributed by atoms with Crippen LogP contribution >= 0.6 is 0 Å². The monoisotopic (exact) mass is 235 g/mol. The maximum absolute atomic E-state index is 11.5. The van der Waals surface area contributed by atoms with Gasteiger partial charge in [0.25, 0.3) is 5.91 Å². The van der Waals surface area contributed by atoms with E-state index in [1.165, 1.54) is 4.90 Å². The average molecular weight is 235 g/mol. The topological polar surface area (TPSA) is 66.8 Å². The van der Waals surface area contributed by atoms with E-state index in [0.717, 1.165) is 12.2 Å². The largest absolute Gasteiger partial charge is 0.497 e. The summed E-state index contributed by atoms with van der Waals surface area (Å²) >= 11 is 0. The van der Waals surface area contributed by atoms with Crippen LogP contribution in [-0.4, -0.2) is 31.1 Å². The van der Waals surface area contributed by atoms with Gasteiger partial charge in [-0.2, -0.15) is 0 Å². The van der Waals surface area contributed by atoms with Crippen molar-refractivity contribution in [1.82, 2.24) is 0 Å². The molecule has 0 aromatic heterocycles. The molecular weight excluding hydrogens is 222 g/mol. The van der Waals surface area contributed by atoms with Crippen LogP contribution in [0.25, 0.3) is 0 Å². The number of hydrogen-bond acceptors (Lipinski definition) is 3. The fourth-order valence-corrected chi connectivity index (χ4v) is 1.19. The summed E-state index contributed by atoms with van der Waals surface area (Å²) in [6, 6.07) is 6.87. The quantitative estimate of drug-likeness (QED) is 0.799. The van der Waals surface area contributed by atoms with E-state index in [9.17, 15) is 9.59 Å². The van der Waals surface area contributed by atoms with Gasteiger partial charge in [0.2, 0.25) is 0 Å². The molecule has 5 nitrogen and oxygen atoms in total. The van der Waals surface area contributed by atoms with Crippen molar-refractivity contribution in [2.24, 2.45) is 0 Å². The molecule has 1 aromatic rings. The number of carbonyl (C=O) groups excluding carboxylic acids is 1. The van der Waals surface area contributed by atoms with Crippen molar-refractivity contribution in [2.45, 2.75) is 0 Å². The van der Waals surface area contributed by atoms with Crippen LogP contribution in [0, 0.1) is 0 Å². The SMILES string of the molecule is COc1ccc(N(C)C(=O)C=CC(=O)O)cc1. The number of ether oxygens (including phenoxy) is 1. The number of benzene rings is 1. The number of hydrogen-bond donors (Lipinski definition) is 1. The van der Waals surface area contributed by atoms with Gasteiger partial charge in [-0.15, -0.1) is 0 Å². The second-order valence-corrected chi connectivity index (χ2v) is 3.27. The van der Waals surface area contributed by atoms with Crippen molar-refractivity contribution in [3.05, 3.63) is 36.4 Å². The van der Waals surface area contributed by atoms with Gasteiger partial charge in [0.05, 0.1) is 7.11 Å². The van der Waals surface area contributed by atoms with Gasteiger partial charge in [0, 0.05) is 24.9 Å². The summed E-state index contributed by atoms with van der Waals surface area (Å²) in [5, 5.41) is 8.41. The Kier molecular flexibility index (Phi) is 4.28. The van der Waals surface area contributed by atoms with Gasteiger partial charge in [-0.05, 0) is 24.3 Å². The van der Waals surface area contributed by atoms with E-state index in [0.29, 0.717) is 11.4 Å². The molecule has 1 aromatic carbocycles. The molecule has 5 heteroatoms. The van der Waals surface area contributed by atoms with Crippen LogP contribution in [0.2, 0.25) is 0 Å². The van der Waals surface area contributed by atoms with Crippen LogP contribution in [0.3, 0.4) is 0 Å². The fraction of sp³-hybridized carbons (Fsp3) is 0.167. The first-order valence-electron chi connectivity index (χ1n) is 4.87. The summed E-state index contributed by atoms with van der Waals surface area (Å²) in [5.74, 6) is -0.866. The second kappa shape index (κ2) is 5.69. The van der Waals surface area contributed by atoms with Gasteiger partial charge in [-0.3, -0.25) is 4.79 Å². The van der Waals surface area contributed by atoms with E-state index in [-0.39, 0.29) is 0 Å². The number of likely N-dealkylation sites (N-methyl/N-ethyl adjacent to an activating group) is 1. The Morgan fingerprint density at radius 3 is 2.29 bits per heavy atom. The van der Waals surface area contributed by atoms with E-state index in [1.54, 1.807) is 38.4 Å². The highest BCUT2D eigenvalue weighted by Gasteiger charge is 2.07. The van der Waals surface area contributed by atoms with Gasteiger partial charge < -0.3 is 14.7 Å². The number of methoxy groups -OCH3 is 1. The first-order valence-corrected chi connectivity index (χ1v) is 4.87. The molecule has 0 heterocycles. The molecule has 0 spiro atoms. The summed E-state index contributed by atoms with van der Waals surface area (Å²) in [4.78, 5) is 23.2. The van der Waals surface area contributed by atoms with E-state index in [1.807, 2.05) is 0 Å². The molecule has 0 saturated carbocycles. The number of rotatable bonds is 4. The molecule has 0 aliphatic heterocycles. The molecular formula is C12H13NO4. The van der Waals surface area contributed by atoms with Gasteiger partial charge in [0.1, 0.15) is 5.75 Å². The number of nitrogens with zero attached hydrogens (tertiary/aromatic N) is 1. The summed E-state index contributed by atoms with van der Waals surface area (Å²) in [5.41, 5.74) is 0.658. The molecule has 0 atom stereocenters. The van der Waals surface area contributed by atoms with Crippen LogP contribution in [0.15, 0.2) is 36.4 Å². The minimum Gasteiger partial charge on any atom is -0.497 e. The van der Waals surface area contributed by atoms with Crippen LogP contribution in [0.1, 0.15) is 0 Å². The summed E-state index contributed by atoms with van der Waals surface area (Å²) < 4.78 is 4.99. The molecule has 0 aliphatic rings. The lowest BCUT2D eigenvalue weighted by molar-refractivity contribution is -0.131. The number of aliphatic carboxylic acids is 1. The van der Waals surface area contributed by atoms with Gasteiger partial charge in [-0.1, -0.05) is 0 Å². The number of anilines is 1. The molecule has 0 radical (unpaired) electrons. The first-order chi connectivity index (χ1) is 8.04. The Hall–Kier alpha value is -2.30. The maximum atomic E-state index is 11.5. The number of carboxylic acids is 1. The Morgan fingerprint density at radius 1 is 1.24 bits per heavy atom. The Morgan fingerprint density at radius 2 is 1.82 bits per heavy atom. The smallest absolute Gasteiger partial charge is 0.328 e. The van der Waals surface area contributed by atoms with Crippen molar-refractivity contribution in [3.63, 3.8) is 0 Å². The molecule has 0 unspecified atom stereocenters. The Labute approximate surface area is 98.9 Å². The molecule has 1 N–H and O–H groups in total. The highest BCUT2D eigenvalue weighted by atomic mass is 16.5. The standard InChI is InChI=1S/C12H13NO4/c1-13(11(14)7-8-12(15)16)9-3-5-10(17-2)6-4-9/h3-8H,1-2H3,(H,15,16). The predicted octanol–water partition coefficient (Wildman–Crippen LogP) is 1.30. The van der Waals surface area contributed by atoms with Crippen LogP contribution in [0.4, 0.5) is 5.69 Å². The lowest BCUT2D eigenvalue weighted by Gasteiger charge is -2.15. The van der Waals surface area contributed by atoms with E-state index in [2.05, 4.69) is 0 Å². The maximum Gasteiger partial charge on any atom is 0.328 e. The highest BCUT2D eigenvalue weighted by Crippen LogP contribution is 2.18. The first kappa shape index (κ1) is 12.8. The number of amides is 1. The molecule has 0 fully saturated rings. The molecule has 1 amide bonds. The average Bonchev–Trinajstić information content (AvgIpc) is 2.35. The van der Waals surface area contributed by atoms with E-state index in [4.69, 9.17) is 9.84 Å². The molecule has 0 saturated heterocycles. The van der Waals surface area contributed by atoms with Crippen LogP contribution < -0.4 is 9.64 Å². The van der Waals surface area contributed by atoms with Crippen LogP contribution in [0.5, 0.6) is 5.75 Å². The number of carbonyl (C=O) groups is 2. The Bertz CT molecular complexity index is 436. The van der Waals surface area contributed by atoms with E-state index < -0.39 is 11.9 Å². The highest BCUT2D eigenvalue weighted by molar-refractivity contribution is 6.03. The molecule has 1 rings (SSSR count). The lowest BCUT2D eigenvalue weighted by atomic mass is 10.2. The lowest BCUT2D eigenvalue weighted by Crippen LogP contribution is -2.24. The zero-order valence-electron chi connectivity index (χ0n) is 9.58. The van der Waals surface area contributed by atoms with Crippen molar-refractivity contribution in [2.75, 3.05) is 19.1 Å². The third-order valence-corrected chi connectivity index (χ3v) is 2.16. The van der Waals surface area contributed by atoms with E-state index >= 15 is 0 Å². The zero-order chi connectivity index (χ0) is 12.8. The minimum atomic E-state index is -1.15. The van der Waals surface area contributed by atoms with Crippen molar-refractivity contribution >= 4 is 17.6 Å². The third-order valence-electron chi connectivity index (χ3n) is 2.16. The third kappa shape index (κ3) is 3.64. The van der Waals surface area contributed by atoms with Crippen molar-refractivity contribution < 1.29 is 19.4 Å². The van der Waals surface area contributed by atoms with Gasteiger partial charge in [-0.25, -0.2) is 4.79 Å². The normalized spacial score (nSPS) is 10.2. The summed E-state index contributed by atoms with van der Waals surface area (Å²) in [6.45, 7) is 0. The second-order valence-electron chi connectivity index (χ2n) is 3.27. The zero-order valence-corrected chi connectivity index (χ0v) is 9.58. The van der Waals surface area contributed by atoms with Crippen molar-refractivity contribution in [3.8, 4) is 5.75 Å². The summed E-state index contributed by atoms with van der Waals surface area (Å²) in [6.07, 6.45) is 1.81. The van der Waals surface area contributed by atoms with Gasteiger partial charge >= 0.3 is 5.97 Å². The van der Waals surface area contributed by atoms with Crippen molar-refractivity contribution in [1.29, 1.82) is 0 Å².